The van der Waals surface area contributed by atoms with Crippen molar-refractivity contribution in [1.82, 2.24) is 9.94 Å². The van der Waals surface area contributed by atoms with Gasteiger partial charge in [0.15, 0.2) is 5.75 Å². The summed E-state index contributed by atoms with van der Waals surface area (Å²) >= 11 is 0. The number of hydrogen-bond acceptors (Lipinski definition) is 3. The van der Waals surface area contributed by atoms with Gasteiger partial charge in [-0.05, 0) is 0 Å². The summed E-state index contributed by atoms with van der Waals surface area (Å²) in [6, 6.07) is 0. The molecule has 0 aliphatic heterocycles. The molecule has 0 atom stereocenters. The zero-order valence-electron chi connectivity index (χ0n) is 4.40. The molecule has 0 spiro atoms. The number of rotatable bonds is 1. The van der Waals surface area contributed by atoms with Crippen LogP contribution in [-0.2, 0) is 0 Å². The molecule has 0 aromatic carbocycles. The van der Waals surface area contributed by atoms with Crippen molar-refractivity contribution in [2.75, 3.05) is 7.11 Å². The minimum absolute atomic E-state index is 0.104. The standard InChI is InChI=1S/C4H6N2O2/c1-8-6-3-4(7)2-5-6/h2-3,7H,1H3. The van der Waals surface area contributed by atoms with Crippen molar-refractivity contribution in [2.24, 2.45) is 0 Å². The first-order valence-corrected chi connectivity index (χ1v) is 2.11. The molecular weight excluding hydrogens is 108 g/mol. The zero-order chi connectivity index (χ0) is 5.98. The molecule has 1 heterocycles. The van der Waals surface area contributed by atoms with Crippen LogP contribution < -0.4 is 4.84 Å². The number of aromatic nitrogens is 2. The van der Waals surface area contributed by atoms with Crippen LogP contribution >= 0.6 is 0 Å². The van der Waals surface area contributed by atoms with Crippen molar-refractivity contribution >= 4 is 0 Å². The molecule has 0 radical (unpaired) electrons. The van der Waals surface area contributed by atoms with E-state index in [4.69, 9.17) is 5.11 Å². The van der Waals surface area contributed by atoms with Crippen molar-refractivity contribution in [3.8, 4) is 5.75 Å². The second-order valence-electron chi connectivity index (χ2n) is 1.28. The molecule has 0 fully saturated rings. The second-order valence-corrected chi connectivity index (χ2v) is 1.28. The largest absolute Gasteiger partial charge is 0.505 e. The lowest BCUT2D eigenvalue weighted by molar-refractivity contribution is 0.133. The Morgan fingerprint density at radius 3 is 2.88 bits per heavy atom. The molecule has 0 aliphatic rings. The van der Waals surface area contributed by atoms with Gasteiger partial charge in [0, 0.05) is 0 Å². The maximum atomic E-state index is 8.62. The topological polar surface area (TPSA) is 47.3 Å². The van der Waals surface area contributed by atoms with Crippen LogP contribution in [0.1, 0.15) is 0 Å². The third-order valence-corrected chi connectivity index (χ3v) is 0.734. The summed E-state index contributed by atoms with van der Waals surface area (Å²) in [5, 5.41) is 12.2. The lowest BCUT2D eigenvalue weighted by Gasteiger charge is -1.91. The predicted molar refractivity (Wildman–Crippen MR) is 26.4 cm³/mol. The van der Waals surface area contributed by atoms with Gasteiger partial charge < -0.3 is 9.94 Å². The molecular formula is C4H6N2O2. The molecule has 0 saturated carbocycles. The van der Waals surface area contributed by atoms with Crippen LogP contribution in [0, 0.1) is 0 Å². The molecule has 8 heavy (non-hydrogen) atoms. The van der Waals surface area contributed by atoms with Crippen LogP contribution in [0.4, 0.5) is 0 Å². The number of hydrogen-bond donors (Lipinski definition) is 1. The van der Waals surface area contributed by atoms with Gasteiger partial charge in [0.2, 0.25) is 0 Å². The molecule has 44 valence electrons. The molecule has 0 unspecified atom stereocenters. The molecule has 0 aliphatic carbocycles. The minimum atomic E-state index is 0.104. The van der Waals surface area contributed by atoms with E-state index in [0.717, 1.165) is 4.85 Å². The summed E-state index contributed by atoms with van der Waals surface area (Å²) < 4.78 is 0. The number of nitrogens with zero attached hydrogens (tertiary/aromatic N) is 2. The SMILES string of the molecule is COn1cc(O)cn1. The van der Waals surface area contributed by atoms with Crippen molar-refractivity contribution in [3.63, 3.8) is 0 Å². The Balaban J connectivity index is 2.84. The Morgan fingerprint density at radius 1 is 1.88 bits per heavy atom. The van der Waals surface area contributed by atoms with Crippen LogP contribution in [0.15, 0.2) is 12.4 Å². The highest BCUT2D eigenvalue weighted by atomic mass is 16.7. The Morgan fingerprint density at radius 2 is 2.62 bits per heavy atom. The van der Waals surface area contributed by atoms with Crippen molar-refractivity contribution in [2.45, 2.75) is 0 Å². The van der Waals surface area contributed by atoms with Crippen LogP contribution in [0.5, 0.6) is 5.75 Å². The predicted octanol–water partition coefficient (Wildman–Crippen LogP) is -0.353. The van der Waals surface area contributed by atoms with Crippen molar-refractivity contribution in [1.29, 1.82) is 0 Å². The lowest BCUT2D eigenvalue weighted by Crippen LogP contribution is -2.04. The molecule has 1 aromatic heterocycles. The van der Waals surface area contributed by atoms with E-state index < -0.39 is 0 Å². The smallest absolute Gasteiger partial charge is 0.157 e. The highest BCUT2D eigenvalue weighted by Crippen LogP contribution is 2.01. The van der Waals surface area contributed by atoms with Gasteiger partial charge in [-0.15, -0.1) is 9.94 Å². The molecule has 1 rings (SSSR count). The quantitative estimate of drug-likeness (QED) is 0.542. The molecule has 4 heteroatoms. The second kappa shape index (κ2) is 1.73. The Bertz CT molecular complexity index is 172. The normalized spacial score (nSPS) is 9.12. The monoisotopic (exact) mass is 114 g/mol. The lowest BCUT2D eigenvalue weighted by atomic mass is 10.7. The van der Waals surface area contributed by atoms with Gasteiger partial charge >= 0.3 is 0 Å². The first kappa shape index (κ1) is 4.96. The van der Waals surface area contributed by atoms with E-state index in [1.54, 1.807) is 0 Å². The van der Waals surface area contributed by atoms with Gasteiger partial charge in [-0.2, -0.15) is 0 Å². The van der Waals surface area contributed by atoms with Crippen LogP contribution in [-0.4, -0.2) is 22.2 Å². The van der Waals surface area contributed by atoms with Crippen LogP contribution in [0.2, 0.25) is 0 Å². The average Bonchev–Trinajstić information content (AvgIpc) is 2.14. The summed E-state index contributed by atoms with van der Waals surface area (Å²) in [4.78, 5) is 5.74. The Hall–Kier alpha value is -1.19. The molecule has 0 bridgehead atoms. The third-order valence-electron chi connectivity index (χ3n) is 0.734. The zero-order valence-corrected chi connectivity index (χ0v) is 4.40. The van der Waals surface area contributed by atoms with Gasteiger partial charge in [0.25, 0.3) is 0 Å². The van der Waals surface area contributed by atoms with Gasteiger partial charge in [0.05, 0.1) is 6.20 Å². The molecule has 4 nitrogen and oxygen atoms in total. The van der Waals surface area contributed by atoms with Crippen LogP contribution in [0.3, 0.4) is 0 Å². The minimum Gasteiger partial charge on any atom is -0.505 e. The summed E-state index contributed by atoms with van der Waals surface area (Å²) in [6.07, 6.45) is 2.66. The van der Waals surface area contributed by atoms with Gasteiger partial charge in [0.1, 0.15) is 13.3 Å². The summed E-state index contributed by atoms with van der Waals surface area (Å²) in [6.45, 7) is 0. The van der Waals surface area contributed by atoms with Crippen molar-refractivity contribution in [3.05, 3.63) is 12.4 Å². The highest BCUT2D eigenvalue weighted by Gasteiger charge is 1.89. The van der Waals surface area contributed by atoms with E-state index in [2.05, 4.69) is 9.94 Å². The molecule has 1 N–H and O–H groups in total. The fraction of sp³-hybridized carbons (Fsp3) is 0.250. The molecule has 1 aromatic rings. The fourth-order valence-electron chi connectivity index (χ4n) is 0.396. The van der Waals surface area contributed by atoms with Gasteiger partial charge in [-0.1, -0.05) is 0 Å². The Kier molecular flexibility index (Phi) is 1.07. The molecule has 0 amide bonds. The number of aromatic hydroxyl groups is 1. The van der Waals surface area contributed by atoms with E-state index in [1.807, 2.05) is 0 Å². The van der Waals surface area contributed by atoms with Gasteiger partial charge in [-0.25, -0.2) is 0 Å². The van der Waals surface area contributed by atoms with E-state index in [0.29, 0.717) is 0 Å². The highest BCUT2D eigenvalue weighted by molar-refractivity contribution is 5.07. The van der Waals surface area contributed by atoms with E-state index in [-0.39, 0.29) is 5.75 Å². The molecule has 0 saturated heterocycles. The first-order valence-electron chi connectivity index (χ1n) is 2.11. The first-order chi connectivity index (χ1) is 3.83. The average molecular weight is 114 g/mol. The summed E-state index contributed by atoms with van der Waals surface area (Å²) in [5.41, 5.74) is 0. The summed E-state index contributed by atoms with van der Waals surface area (Å²) in [5.74, 6) is 0.104. The van der Waals surface area contributed by atoms with E-state index in [1.165, 1.54) is 19.5 Å². The van der Waals surface area contributed by atoms with Crippen LogP contribution in [0.25, 0.3) is 0 Å². The Labute approximate surface area is 46.3 Å². The van der Waals surface area contributed by atoms with E-state index >= 15 is 0 Å². The van der Waals surface area contributed by atoms with Crippen molar-refractivity contribution < 1.29 is 9.94 Å². The van der Waals surface area contributed by atoms with E-state index in [9.17, 15) is 0 Å². The fourth-order valence-corrected chi connectivity index (χ4v) is 0.396. The maximum absolute atomic E-state index is 8.62. The maximum Gasteiger partial charge on any atom is 0.157 e. The summed E-state index contributed by atoms with van der Waals surface area (Å²) in [7, 11) is 1.46. The van der Waals surface area contributed by atoms with Gasteiger partial charge in [-0.3, -0.25) is 0 Å². The third kappa shape index (κ3) is 0.726.